The molecule has 6 aromatic carbocycles. The number of benzene rings is 6. The summed E-state index contributed by atoms with van der Waals surface area (Å²) in [6.07, 6.45) is 0. The quantitative estimate of drug-likeness (QED) is 0.232. The van der Waals surface area contributed by atoms with E-state index in [4.69, 9.17) is 35.4 Å². The van der Waals surface area contributed by atoms with E-state index in [1.807, 2.05) is 72.8 Å². The predicted octanol–water partition coefficient (Wildman–Crippen LogP) is 4.59. The van der Waals surface area contributed by atoms with Crippen LogP contribution in [0.1, 0.15) is 33.4 Å². The third-order valence-electron chi connectivity index (χ3n) is 10.4. The molecule has 0 radical (unpaired) electrons. The van der Waals surface area contributed by atoms with Crippen LogP contribution in [0.5, 0.6) is 0 Å². The summed E-state index contributed by atoms with van der Waals surface area (Å²) in [5, 5.41) is 67.7. The topological polar surface area (TPSA) is 146 Å². The molecule has 0 N–H and O–H groups in total. The lowest BCUT2D eigenvalue weighted by Crippen LogP contribution is -2.53. The molecule has 0 saturated carbocycles. The molecule has 3 aliphatic heterocycles. The van der Waals surface area contributed by atoms with Gasteiger partial charge in [-0.15, -0.1) is 0 Å². The third-order valence-corrected chi connectivity index (χ3v) is 25.0. The van der Waals surface area contributed by atoms with Crippen molar-refractivity contribution in [1.82, 2.24) is 0 Å². The van der Waals surface area contributed by atoms with Gasteiger partial charge in [-0.3, -0.25) is 0 Å². The Bertz CT molecular complexity index is 2770. The van der Waals surface area contributed by atoms with Crippen molar-refractivity contribution in [2.24, 2.45) is 0 Å². The van der Waals surface area contributed by atoms with Gasteiger partial charge in [0.25, 0.3) is 0 Å². The molecule has 0 aliphatic carbocycles. The smallest absolute Gasteiger partial charge is 0.0992 e. The Balaban J connectivity index is 1.55. The average molecular weight is 810 g/mol. The van der Waals surface area contributed by atoms with Gasteiger partial charge in [0.05, 0.1) is 86.9 Å². The lowest BCUT2D eigenvalue weighted by atomic mass is 10.1. The van der Waals surface area contributed by atoms with Gasteiger partial charge in [-0.2, -0.15) is 31.6 Å². The molecular weight excluding hydrogens is 792 g/mol. The van der Waals surface area contributed by atoms with E-state index in [-0.39, 0.29) is 0 Å². The van der Waals surface area contributed by atoms with Crippen molar-refractivity contribution in [2.75, 3.05) is 4.90 Å². The summed E-state index contributed by atoms with van der Waals surface area (Å²) in [7, 11) is 0. The van der Waals surface area contributed by atoms with Crippen molar-refractivity contribution in [3.63, 3.8) is 0 Å². The van der Waals surface area contributed by atoms with Gasteiger partial charge in [-0.05, 0) is 88.7 Å². The van der Waals surface area contributed by atoms with Crippen molar-refractivity contribution >= 4 is 118 Å². The fraction of sp³-hybridized carbons (Fsp3) is 0. The molecule has 254 valence electrons. The third kappa shape index (κ3) is 4.52. The lowest BCUT2D eigenvalue weighted by molar-refractivity contribution is 1.32. The Labute approximate surface area is 331 Å². The first kappa shape index (κ1) is 34.8. The van der Waals surface area contributed by atoms with Gasteiger partial charge < -0.3 is 4.90 Å². The van der Waals surface area contributed by atoms with E-state index in [0.717, 1.165) is 64.8 Å². The van der Waals surface area contributed by atoms with Gasteiger partial charge in [-0.1, -0.05) is 71.8 Å². The second-order valence-electron chi connectivity index (χ2n) is 13.1. The highest BCUT2D eigenvalue weighted by atomic mass is 32.4. The molecule has 6 aromatic rings. The van der Waals surface area contributed by atoms with E-state index in [2.05, 4.69) is 41.3 Å². The van der Waals surface area contributed by atoms with Crippen LogP contribution >= 0.6 is 18.1 Å². The first-order valence-electron chi connectivity index (χ1n) is 16.5. The minimum absolute atomic E-state index is 0.361. The first-order chi connectivity index (χ1) is 26.6. The summed E-state index contributed by atoms with van der Waals surface area (Å²) >= 11 is 21.0. The van der Waals surface area contributed by atoms with Gasteiger partial charge in [0, 0.05) is 49.9 Å². The van der Waals surface area contributed by atoms with E-state index in [1.165, 1.54) is 0 Å². The van der Waals surface area contributed by atoms with Crippen LogP contribution in [0.3, 0.4) is 0 Å². The number of hydrogen-bond acceptors (Lipinski definition) is 10. The SMILES string of the molecule is N#Cc1ccc(P2(=S)c3cc(C#N)cc4c3N3c5c2cc(C#N)cc5P(=S)(c2ccc(C#N)cc2)c2cc(C#N)cc(c23)P4(=S)c2ccc(C#N)cc2)cc1. The molecule has 3 aliphatic rings. The van der Waals surface area contributed by atoms with E-state index in [9.17, 15) is 31.6 Å². The zero-order chi connectivity index (χ0) is 38.4. The van der Waals surface area contributed by atoms with Crippen LogP contribution in [-0.2, 0) is 35.4 Å². The van der Waals surface area contributed by atoms with Crippen LogP contribution < -0.4 is 52.6 Å². The van der Waals surface area contributed by atoms with Crippen molar-refractivity contribution in [3.05, 3.63) is 143 Å². The Hall–Kier alpha value is -5.99. The van der Waals surface area contributed by atoms with E-state index >= 15 is 0 Å². The molecule has 0 fully saturated rings. The van der Waals surface area contributed by atoms with Crippen LogP contribution in [0.2, 0.25) is 0 Å². The highest BCUT2D eigenvalue weighted by Crippen LogP contribution is 2.65. The van der Waals surface area contributed by atoms with Crippen molar-refractivity contribution in [1.29, 1.82) is 31.6 Å². The number of rotatable bonds is 3. The highest BCUT2D eigenvalue weighted by molar-refractivity contribution is 8.28. The molecule has 0 unspecified atom stereocenters. The van der Waals surface area contributed by atoms with Gasteiger partial charge in [0.1, 0.15) is 0 Å². The molecule has 7 nitrogen and oxygen atoms in total. The van der Waals surface area contributed by atoms with Crippen molar-refractivity contribution < 1.29 is 0 Å². The van der Waals surface area contributed by atoms with Gasteiger partial charge in [0.2, 0.25) is 0 Å². The molecule has 0 spiro atoms. The van der Waals surface area contributed by atoms with Crippen molar-refractivity contribution in [3.8, 4) is 36.4 Å². The number of nitriles is 6. The number of hydrogen-bond donors (Lipinski definition) is 0. The van der Waals surface area contributed by atoms with Crippen LogP contribution in [0, 0.1) is 68.0 Å². The molecule has 0 atom stereocenters. The van der Waals surface area contributed by atoms with Crippen LogP contribution in [0.4, 0.5) is 17.1 Å². The minimum atomic E-state index is -3.16. The van der Waals surface area contributed by atoms with Gasteiger partial charge in [-0.25, -0.2) is 0 Å². The Morgan fingerprint density at radius 3 is 0.709 bits per heavy atom. The van der Waals surface area contributed by atoms with E-state index in [1.54, 1.807) is 36.4 Å². The fourth-order valence-corrected chi connectivity index (χ4v) is 21.0. The molecule has 0 bridgehead atoms. The van der Waals surface area contributed by atoms with E-state index in [0.29, 0.717) is 33.4 Å². The maximum atomic E-state index is 10.6. The van der Waals surface area contributed by atoms with Crippen LogP contribution in [0.25, 0.3) is 0 Å². The predicted molar refractivity (Wildman–Crippen MR) is 228 cm³/mol. The summed E-state index contributed by atoms with van der Waals surface area (Å²) in [4.78, 5) is 2.17. The highest BCUT2D eigenvalue weighted by Gasteiger charge is 2.53. The normalized spacial score (nSPS) is 20.3. The first-order valence-corrected chi connectivity index (χ1v) is 24.9. The van der Waals surface area contributed by atoms with Gasteiger partial charge in [0.15, 0.2) is 0 Å². The Morgan fingerprint density at radius 2 is 0.527 bits per heavy atom. The average Bonchev–Trinajstić information content (AvgIpc) is 3.24. The van der Waals surface area contributed by atoms with E-state index < -0.39 is 18.1 Å². The fourth-order valence-electron chi connectivity index (χ4n) is 7.93. The Kier molecular flexibility index (Phi) is 7.75. The zero-order valence-corrected chi connectivity index (χ0v) is 33.2. The molecular formula is C42H18N7P3S3. The standard InChI is InChI=1S/C42H18N7P3S3/c43-19-25-1-7-31(8-2-25)50(53)34-13-28(22-46)15-36-40(34)49-41-35(50)14-29(23-47)16-37(41)52(55,33-11-5-27(21-45)6-12-33)39-18-30(24-48)17-38(42(39)49)51(36,54)32-9-3-26(20-44)4-10-32/h1-18H. The molecule has 9 rings (SSSR count). The Morgan fingerprint density at radius 1 is 0.327 bits per heavy atom. The summed E-state index contributed by atoms with van der Waals surface area (Å²) in [6.45, 7) is 0. The van der Waals surface area contributed by atoms with Gasteiger partial charge >= 0.3 is 0 Å². The van der Waals surface area contributed by atoms with Crippen LogP contribution in [0.15, 0.2) is 109 Å². The summed E-state index contributed by atoms with van der Waals surface area (Å²) < 4.78 is 0. The largest absolute Gasteiger partial charge is 0.306 e. The summed E-state index contributed by atoms with van der Waals surface area (Å²) in [6, 6.07) is 36.8. The molecule has 0 amide bonds. The minimum Gasteiger partial charge on any atom is -0.306 e. The second-order valence-corrected chi connectivity index (χ2v) is 26.1. The van der Waals surface area contributed by atoms with Crippen molar-refractivity contribution in [2.45, 2.75) is 0 Å². The number of anilines is 3. The molecule has 0 aromatic heterocycles. The number of nitrogens with zero attached hydrogens (tertiary/aromatic N) is 7. The summed E-state index contributed by atoms with van der Waals surface area (Å²) in [5.41, 5.74) is 4.75. The lowest BCUT2D eigenvalue weighted by Gasteiger charge is -2.52. The zero-order valence-electron chi connectivity index (χ0n) is 28.1. The molecule has 3 heterocycles. The summed E-state index contributed by atoms with van der Waals surface area (Å²) in [5.74, 6) is 0. The van der Waals surface area contributed by atoms with Crippen LogP contribution in [-0.4, -0.2) is 0 Å². The second kappa shape index (κ2) is 12.3. The molecule has 13 heteroatoms. The monoisotopic (exact) mass is 809 g/mol. The maximum Gasteiger partial charge on any atom is 0.0992 e. The maximum absolute atomic E-state index is 10.6. The molecule has 55 heavy (non-hydrogen) atoms. The molecule has 0 saturated heterocycles.